The van der Waals surface area contributed by atoms with Crippen LogP contribution in [0.4, 0.5) is 0 Å². The third-order valence-corrected chi connectivity index (χ3v) is 3.30. The number of rotatable bonds is 1. The summed E-state index contributed by atoms with van der Waals surface area (Å²) in [6.45, 7) is 2.23. The van der Waals surface area contributed by atoms with Gasteiger partial charge in [0.25, 0.3) is 0 Å². The molecular formula is C7H11HfI2. The van der Waals surface area contributed by atoms with Gasteiger partial charge < -0.3 is 0 Å². The molecule has 1 aliphatic rings. The fraction of sp³-hybridized carbons (Fsp3) is 0.429. The molecule has 1 rings (SSSR count). The van der Waals surface area contributed by atoms with Crippen molar-refractivity contribution in [1.82, 2.24) is 0 Å². The zero-order valence-electron chi connectivity index (χ0n) is 5.89. The fourth-order valence-corrected chi connectivity index (χ4v) is 2.24. The van der Waals surface area contributed by atoms with Gasteiger partial charge in [0.2, 0.25) is 0 Å². The van der Waals surface area contributed by atoms with Gasteiger partial charge in [0.05, 0.1) is 0 Å². The van der Waals surface area contributed by atoms with Gasteiger partial charge in [-0.1, -0.05) is 0 Å². The van der Waals surface area contributed by atoms with Crippen LogP contribution in [0.1, 0.15) is 19.8 Å². The summed E-state index contributed by atoms with van der Waals surface area (Å²) < 4.78 is 1.69. The van der Waals surface area contributed by atoms with E-state index in [-0.39, 0.29) is 48.0 Å². The van der Waals surface area contributed by atoms with E-state index in [0.717, 1.165) is 0 Å². The van der Waals surface area contributed by atoms with Gasteiger partial charge in [-0.3, -0.25) is 0 Å². The van der Waals surface area contributed by atoms with E-state index in [2.05, 4.69) is 19.1 Å². The summed E-state index contributed by atoms with van der Waals surface area (Å²) in [5.41, 5.74) is 1.59. The summed E-state index contributed by atoms with van der Waals surface area (Å²) in [5, 5.41) is 0. The smallest absolute Gasteiger partial charge is 0.107 e. The van der Waals surface area contributed by atoms with Crippen molar-refractivity contribution in [3.63, 3.8) is 0 Å². The number of hydrogen-bond donors (Lipinski definition) is 0. The maximum absolute atomic E-state index is 2.27. The van der Waals surface area contributed by atoms with Crippen molar-refractivity contribution < 1.29 is 24.4 Å². The van der Waals surface area contributed by atoms with E-state index in [1.54, 1.807) is 8.90 Å². The SMILES string of the molecule is CCC1=[C]([Hf])CC=C1.I.I. The third kappa shape index (κ3) is 3.99. The van der Waals surface area contributed by atoms with E-state index < -0.39 is 0 Å². The van der Waals surface area contributed by atoms with Gasteiger partial charge >= 0.3 is 65.2 Å². The predicted octanol–water partition coefficient (Wildman–Crippen LogP) is 3.39. The van der Waals surface area contributed by atoms with E-state index in [0.29, 0.717) is 0 Å². The van der Waals surface area contributed by atoms with Crippen molar-refractivity contribution in [2.75, 3.05) is 0 Å². The van der Waals surface area contributed by atoms with E-state index in [1.807, 2.05) is 0 Å². The minimum Gasteiger partial charge on any atom is -0.107 e. The van der Waals surface area contributed by atoms with Crippen LogP contribution in [0.5, 0.6) is 0 Å². The van der Waals surface area contributed by atoms with Gasteiger partial charge in [0.15, 0.2) is 0 Å². The number of hydrogen-bond acceptors (Lipinski definition) is 0. The molecule has 0 saturated carbocycles. The Morgan fingerprint density at radius 3 is 2.30 bits per heavy atom. The van der Waals surface area contributed by atoms with Crippen molar-refractivity contribution in [3.05, 3.63) is 21.1 Å². The Kier molecular flexibility index (Phi) is 10.7. The van der Waals surface area contributed by atoms with Crippen molar-refractivity contribution in [3.8, 4) is 0 Å². The summed E-state index contributed by atoms with van der Waals surface area (Å²) >= 11 is 1.26. The predicted molar refractivity (Wildman–Crippen MR) is 61.9 cm³/mol. The van der Waals surface area contributed by atoms with Crippen LogP contribution in [-0.2, 0) is 24.4 Å². The van der Waals surface area contributed by atoms with Crippen LogP contribution in [0.2, 0.25) is 0 Å². The Bertz CT molecular complexity index is 150. The first-order valence-corrected chi connectivity index (χ1v) is 4.74. The quantitative estimate of drug-likeness (QED) is 0.363. The molecule has 3 heteroatoms. The topological polar surface area (TPSA) is 0 Å². The van der Waals surface area contributed by atoms with E-state index in [9.17, 15) is 0 Å². The van der Waals surface area contributed by atoms with E-state index in [4.69, 9.17) is 0 Å². The summed E-state index contributed by atoms with van der Waals surface area (Å²) in [6, 6.07) is 0. The molecule has 10 heavy (non-hydrogen) atoms. The zero-order chi connectivity index (χ0) is 5.98. The summed E-state index contributed by atoms with van der Waals surface area (Å²) in [5.74, 6) is 0. The maximum atomic E-state index is 2.27. The average Bonchev–Trinajstić information content (AvgIpc) is 2.14. The van der Waals surface area contributed by atoms with E-state index >= 15 is 0 Å². The Morgan fingerprint density at radius 1 is 1.50 bits per heavy atom. The molecule has 0 heterocycles. The van der Waals surface area contributed by atoms with Gasteiger partial charge in [-0.05, 0) is 0 Å². The molecule has 0 atom stereocenters. The average molecular weight is 527 g/mol. The molecule has 0 radical (unpaired) electrons. The number of halogens is 2. The second-order valence-corrected chi connectivity index (χ2v) is 4.13. The molecule has 0 aromatic rings. The summed E-state index contributed by atoms with van der Waals surface area (Å²) in [7, 11) is 0. The molecule has 0 fully saturated rings. The van der Waals surface area contributed by atoms with Crippen molar-refractivity contribution in [1.29, 1.82) is 0 Å². The van der Waals surface area contributed by atoms with Crippen LogP contribution in [0, 0.1) is 0 Å². The van der Waals surface area contributed by atoms with Crippen LogP contribution in [0.25, 0.3) is 0 Å². The first-order chi connectivity index (χ1) is 3.84. The minimum atomic E-state index is 0. The first kappa shape index (κ1) is 14.3. The molecule has 0 aromatic carbocycles. The van der Waals surface area contributed by atoms with Crippen LogP contribution >= 0.6 is 48.0 Å². The standard InChI is InChI=1S/C7H9.Hf.2HI/c1-2-7-5-3-4-6-7;;;/h3,5H,2,4H2,1H3;;2*1H. The first-order valence-electron chi connectivity index (χ1n) is 2.94. The molecule has 1 aliphatic carbocycles. The zero-order valence-corrected chi connectivity index (χ0v) is 14.1. The van der Waals surface area contributed by atoms with Crippen molar-refractivity contribution >= 4 is 48.0 Å². The fourth-order valence-electron chi connectivity index (χ4n) is 0.882. The summed E-state index contributed by atoms with van der Waals surface area (Å²) in [6.07, 6.45) is 7.01. The van der Waals surface area contributed by atoms with Crippen molar-refractivity contribution in [2.45, 2.75) is 19.8 Å². The summed E-state index contributed by atoms with van der Waals surface area (Å²) in [4.78, 5) is 0. The van der Waals surface area contributed by atoms with Crippen molar-refractivity contribution in [2.24, 2.45) is 0 Å². The Morgan fingerprint density at radius 2 is 2.10 bits per heavy atom. The number of allylic oxidation sites excluding steroid dienone is 4. The minimum absolute atomic E-state index is 0. The van der Waals surface area contributed by atoms with Crippen LogP contribution in [0.15, 0.2) is 21.1 Å². The molecule has 0 saturated heterocycles. The Hall–Kier alpha value is 1.81. The normalized spacial score (nSPS) is 14.4. The molecular weight excluding hydrogens is 516 g/mol. The molecule has 0 amide bonds. The Balaban J connectivity index is 0. The maximum Gasteiger partial charge on any atom is -0.107 e. The second-order valence-electron chi connectivity index (χ2n) is 1.96. The van der Waals surface area contributed by atoms with Crippen LogP contribution in [0.3, 0.4) is 0 Å². The molecule has 0 aromatic heterocycles. The van der Waals surface area contributed by atoms with Gasteiger partial charge in [-0.15, -0.1) is 48.0 Å². The van der Waals surface area contributed by atoms with Gasteiger partial charge in [-0.25, -0.2) is 0 Å². The second kappa shape index (κ2) is 7.46. The molecule has 57 valence electrons. The van der Waals surface area contributed by atoms with Gasteiger partial charge in [0, 0.05) is 0 Å². The molecule has 0 nitrogen and oxygen atoms in total. The molecule has 0 aliphatic heterocycles. The Labute approximate surface area is 112 Å². The largest absolute Gasteiger partial charge is 0.107 e. The monoisotopic (exact) mass is 529 g/mol. The van der Waals surface area contributed by atoms with Gasteiger partial charge in [0.1, 0.15) is 0 Å². The molecule has 0 bridgehead atoms. The molecule has 0 unspecified atom stereocenters. The van der Waals surface area contributed by atoms with Crippen LogP contribution in [-0.4, -0.2) is 0 Å². The van der Waals surface area contributed by atoms with E-state index in [1.165, 1.54) is 37.2 Å². The van der Waals surface area contributed by atoms with Gasteiger partial charge in [-0.2, -0.15) is 0 Å². The molecule has 0 spiro atoms. The molecule has 0 N–H and O–H groups in total. The third-order valence-electron chi connectivity index (χ3n) is 1.41. The van der Waals surface area contributed by atoms with Crippen LogP contribution < -0.4 is 0 Å².